The molecule has 0 bridgehead atoms. The van der Waals surface area contributed by atoms with Crippen LogP contribution >= 0.6 is 0 Å². The van der Waals surface area contributed by atoms with E-state index in [0.717, 1.165) is 25.7 Å². The largest absolute Gasteiger partial charge is 0.462 e. The summed E-state index contributed by atoms with van der Waals surface area (Å²) < 4.78 is 11.5. The van der Waals surface area contributed by atoms with E-state index < -0.39 is 12.6 Å². The van der Waals surface area contributed by atoms with Gasteiger partial charge in [-0.1, -0.05) is 93.1 Å². The van der Waals surface area contributed by atoms with Crippen molar-refractivity contribution in [3.63, 3.8) is 0 Å². The standard InChI is InChI=1S/C34H44O5/c1-4-5-6-7-27-8-10-29(11-9-27)30-12-14-31(15-13-30)32-16-18-33(19-17-32)38-23-28(20-25(2)21-35)24-39-34(37)26(3)22-36/h8-16,28,33,35-36H,2-7,17-24H2,1H3. The van der Waals surface area contributed by atoms with Gasteiger partial charge in [0.2, 0.25) is 0 Å². The van der Waals surface area contributed by atoms with Crippen LogP contribution in [0.5, 0.6) is 0 Å². The minimum Gasteiger partial charge on any atom is -0.462 e. The van der Waals surface area contributed by atoms with E-state index in [1.807, 2.05) is 0 Å². The molecular weight excluding hydrogens is 488 g/mol. The second-order valence-electron chi connectivity index (χ2n) is 10.5. The number of rotatable bonds is 16. The zero-order valence-corrected chi connectivity index (χ0v) is 23.4. The van der Waals surface area contributed by atoms with Crippen molar-refractivity contribution in [3.05, 3.63) is 90.0 Å². The van der Waals surface area contributed by atoms with Gasteiger partial charge in [-0.3, -0.25) is 0 Å². The SMILES string of the molecule is C=C(CO)CC(COC(=O)C(=C)CO)COC1CC=C(c2ccc(-c3ccc(CCCCC)cc3)cc2)CC1. The van der Waals surface area contributed by atoms with Crippen molar-refractivity contribution in [2.45, 2.75) is 64.4 Å². The van der Waals surface area contributed by atoms with Gasteiger partial charge in [0.05, 0.1) is 38.1 Å². The van der Waals surface area contributed by atoms with Gasteiger partial charge in [0.25, 0.3) is 0 Å². The molecule has 2 unspecified atom stereocenters. The Morgan fingerprint density at radius 3 is 2.21 bits per heavy atom. The Balaban J connectivity index is 1.51. The lowest BCUT2D eigenvalue weighted by Gasteiger charge is -2.25. The first-order chi connectivity index (χ1) is 18.9. The minimum absolute atomic E-state index is 0.0179. The Hall–Kier alpha value is -2.99. The second kappa shape index (κ2) is 16.2. The molecule has 0 spiro atoms. The highest BCUT2D eigenvalue weighted by Gasteiger charge is 2.20. The van der Waals surface area contributed by atoms with E-state index in [1.165, 1.54) is 47.1 Å². The van der Waals surface area contributed by atoms with E-state index in [9.17, 15) is 9.90 Å². The van der Waals surface area contributed by atoms with Crippen LogP contribution in [0.4, 0.5) is 0 Å². The number of hydrogen-bond donors (Lipinski definition) is 2. The molecule has 1 aliphatic carbocycles. The number of unbranched alkanes of at least 4 members (excludes halogenated alkanes) is 2. The molecule has 0 saturated carbocycles. The molecule has 0 fully saturated rings. The third-order valence-electron chi connectivity index (χ3n) is 7.27. The molecule has 210 valence electrons. The predicted octanol–water partition coefficient (Wildman–Crippen LogP) is 6.69. The molecule has 2 aromatic carbocycles. The van der Waals surface area contributed by atoms with Gasteiger partial charge >= 0.3 is 5.97 Å². The number of carbonyl (C=O) groups excluding carboxylic acids is 1. The molecular formula is C34H44O5. The van der Waals surface area contributed by atoms with Crippen molar-refractivity contribution in [1.82, 2.24) is 0 Å². The van der Waals surface area contributed by atoms with E-state index in [1.54, 1.807) is 0 Å². The molecule has 0 aromatic heterocycles. The monoisotopic (exact) mass is 532 g/mol. The number of aryl methyl sites for hydroxylation is 1. The number of carbonyl (C=O) groups is 1. The van der Waals surface area contributed by atoms with Crippen molar-refractivity contribution in [2.75, 3.05) is 26.4 Å². The molecule has 5 heteroatoms. The lowest BCUT2D eigenvalue weighted by atomic mass is 9.91. The van der Waals surface area contributed by atoms with Crippen LogP contribution in [-0.4, -0.2) is 48.7 Å². The summed E-state index contributed by atoms with van der Waals surface area (Å²) >= 11 is 0. The molecule has 0 aliphatic heterocycles. The van der Waals surface area contributed by atoms with Crippen LogP contribution in [0.3, 0.4) is 0 Å². The first-order valence-corrected chi connectivity index (χ1v) is 14.2. The first kappa shape index (κ1) is 30.6. The quantitative estimate of drug-likeness (QED) is 0.109. The van der Waals surface area contributed by atoms with Crippen molar-refractivity contribution in [2.24, 2.45) is 5.92 Å². The maximum Gasteiger partial charge on any atom is 0.335 e. The van der Waals surface area contributed by atoms with E-state index in [-0.39, 0.29) is 30.8 Å². The lowest BCUT2D eigenvalue weighted by molar-refractivity contribution is -0.141. The van der Waals surface area contributed by atoms with Gasteiger partial charge in [-0.05, 0) is 66.4 Å². The number of aliphatic hydroxyl groups is 2. The fourth-order valence-electron chi connectivity index (χ4n) is 4.81. The zero-order valence-electron chi connectivity index (χ0n) is 23.4. The zero-order chi connectivity index (χ0) is 28.0. The van der Waals surface area contributed by atoms with Crippen LogP contribution in [-0.2, 0) is 20.7 Å². The summed E-state index contributed by atoms with van der Waals surface area (Å²) in [7, 11) is 0. The highest BCUT2D eigenvalue weighted by atomic mass is 16.5. The molecule has 3 rings (SSSR count). The summed E-state index contributed by atoms with van der Waals surface area (Å²) in [6, 6.07) is 17.8. The van der Waals surface area contributed by atoms with Crippen LogP contribution in [0.15, 0.2) is 78.9 Å². The minimum atomic E-state index is -0.618. The maximum atomic E-state index is 11.9. The Labute approximate surface area is 233 Å². The molecule has 2 N–H and O–H groups in total. The van der Waals surface area contributed by atoms with Crippen molar-refractivity contribution in [1.29, 1.82) is 0 Å². The smallest absolute Gasteiger partial charge is 0.335 e. The molecule has 1 aliphatic rings. The van der Waals surface area contributed by atoms with Crippen LogP contribution in [0.25, 0.3) is 16.7 Å². The summed E-state index contributed by atoms with van der Waals surface area (Å²) in [6.07, 6.45) is 10.5. The third kappa shape index (κ3) is 9.92. The Bertz CT molecular complexity index is 1100. The maximum absolute atomic E-state index is 11.9. The molecule has 0 radical (unpaired) electrons. The number of aliphatic hydroxyl groups excluding tert-OH is 2. The summed E-state index contributed by atoms with van der Waals surface area (Å²) in [5, 5.41) is 18.4. The Morgan fingerprint density at radius 2 is 1.62 bits per heavy atom. The fraction of sp³-hybridized carbons (Fsp3) is 0.441. The molecule has 2 aromatic rings. The summed E-state index contributed by atoms with van der Waals surface area (Å²) in [4.78, 5) is 11.9. The highest BCUT2D eigenvalue weighted by molar-refractivity contribution is 5.87. The summed E-state index contributed by atoms with van der Waals surface area (Å²) in [6.45, 7) is 9.56. The Morgan fingerprint density at radius 1 is 0.949 bits per heavy atom. The first-order valence-electron chi connectivity index (χ1n) is 14.2. The van der Waals surface area contributed by atoms with Crippen LogP contribution in [0.1, 0.15) is 63.0 Å². The third-order valence-corrected chi connectivity index (χ3v) is 7.27. The van der Waals surface area contributed by atoms with E-state index in [0.29, 0.717) is 18.6 Å². The van der Waals surface area contributed by atoms with E-state index in [4.69, 9.17) is 14.6 Å². The van der Waals surface area contributed by atoms with Gasteiger partial charge in [-0.15, -0.1) is 0 Å². The van der Waals surface area contributed by atoms with Gasteiger partial charge in [-0.25, -0.2) is 4.79 Å². The second-order valence-corrected chi connectivity index (χ2v) is 10.5. The average Bonchev–Trinajstić information content (AvgIpc) is 2.98. The average molecular weight is 533 g/mol. The van der Waals surface area contributed by atoms with Gasteiger partial charge in [0.15, 0.2) is 0 Å². The molecule has 2 atom stereocenters. The van der Waals surface area contributed by atoms with Gasteiger partial charge in [0.1, 0.15) is 0 Å². The number of benzene rings is 2. The molecule has 39 heavy (non-hydrogen) atoms. The summed E-state index contributed by atoms with van der Waals surface area (Å²) in [5.74, 6) is -0.740. The fourth-order valence-corrected chi connectivity index (χ4v) is 4.81. The van der Waals surface area contributed by atoms with Gasteiger partial charge in [0, 0.05) is 5.92 Å². The predicted molar refractivity (Wildman–Crippen MR) is 158 cm³/mol. The van der Waals surface area contributed by atoms with Crippen LogP contribution < -0.4 is 0 Å². The molecule has 0 saturated heterocycles. The van der Waals surface area contributed by atoms with Crippen LogP contribution in [0.2, 0.25) is 0 Å². The lowest BCUT2D eigenvalue weighted by Crippen LogP contribution is -2.25. The topological polar surface area (TPSA) is 76.0 Å². The van der Waals surface area contributed by atoms with Crippen molar-refractivity contribution >= 4 is 11.5 Å². The number of allylic oxidation sites excluding steroid dienone is 1. The Kier molecular flexibility index (Phi) is 12.7. The number of ether oxygens (including phenoxy) is 2. The highest BCUT2D eigenvalue weighted by Crippen LogP contribution is 2.30. The van der Waals surface area contributed by atoms with E-state index in [2.05, 4.69) is 74.7 Å². The van der Waals surface area contributed by atoms with E-state index >= 15 is 0 Å². The molecule has 0 heterocycles. The van der Waals surface area contributed by atoms with Gasteiger partial charge < -0.3 is 19.7 Å². The molecule has 0 amide bonds. The van der Waals surface area contributed by atoms with Crippen LogP contribution in [0, 0.1) is 5.92 Å². The summed E-state index contributed by atoms with van der Waals surface area (Å²) in [5.41, 5.74) is 7.16. The molecule has 5 nitrogen and oxygen atoms in total. The number of esters is 1. The van der Waals surface area contributed by atoms with Crippen molar-refractivity contribution < 1.29 is 24.5 Å². The normalized spacial score (nSPS) is 15.9. The number of hydrogen-bond acceptors (Lipinski definition) is 5. The van der Waals surface area contributed by atoms with Crippen molar-refractivity contribution in [3.8, 4) is 11.1 Å². The van der Waals surface area contributed by atoms with Gasteiger partial charge in [-0.2, -0.15) is 0 Å².